The summed E-state index contributed by atoms with van der Waals surface area (Å²) >= 11 is 6.36. The third-order valence-corrected chi connectivity index (χ3v) is 5.10. The molecule has 3 aromatic carbocycles. The number of halogens is 1. The Balaban J connectivity index is 1.94. The summed E-state index contributed by atoms with van der Waals surface area (Å²) in [5.41, 5.74) is 1.33. The zero-order chi connectivity index (χ0) is 22.0. The molecule has 4 aromatic rings. The lowest BCUT2D eigenvalue weighted by Crippen LogP contribution is -2.23. The molecule has 0 aliphatic carbocycles. The van der Waals surface area contributed by atoms with Crippen LogP contribution < -0.4 is 10.3 Å². The van der Waals surface area contributed by atoms with Crippen LogP contribution >= 0.6 is 11.6 Å². The minimum absolute atomic E-state index is 0.0181. The van der Waals surface area contributed by atoms with Crippen LogP contribution in [0.3, 0.4) is 0 Å². The number of methoxy groups -OCH3 is 1. The van der Waals surface area contributed by atoms with Gasteiger partial charge >= 0.3 is 5.97 Å². The highest BCUT2D eigenvalue weighted by molar-refractivity contribution is 6.32. The summed E-state index contributed by atoms with van der Waals surface area (Å²) in [6.45, 7) is 0. The molecular formula is C24H17ClN2O4. The van der Waals surface area contributed by atoms with Gasteiger partial charge in [-0.15, -0.1) is 0 Å². The molecule has 0 saturated heterocycles. The molecule has 0 atom stereocenters. The Morgan fingerprint density at radius 2 is 1.81 bits per heavy atom. The van der Waals surface area contributed by atoms with Crippen molar-refractivity contribution in [3.63, 3.8) is 0 Å². The van der Waals surface area contributed by atoms with Crippen molar-refractivity contribution in [2.45, 2.75) is 0 Å². The molecule has 6 nitrogen and oxygen atoms in total. The summed E-state index contributed by atoms with van der Waals surface area (Å²) in [7, 11) is 1.59. The van der Waals surface area contributed by atoms with Gasteiger partial charge in [0.25, 0.3) is 5.56 Å². The predicted molar refractivity (Wildman–Crippen MR) is 121 cm³/mol. The highest BCUT2D eigenvalue weighted by Gasteiger charge is 2.15. The fraction of sp³-hybridized carbons (Fsp3) is 0.0417. The standard InChI is InChI=1S/C24H17ClN2O4/c1-31-17-10-6-15(7-11-17)8-13-22-26-20-5-3-2-4-18(20)23(28)27(22)21-14-16(24(29)30)9-12-19(21)25/h2-14H,1H3,(H,29,30)/b13-8+. The van der Waals surface area contributed by atoms with Crippen LogP contribution in [0.4, 0.5) is 0 Å². The van der Waals surface area contributed by atoms with E-state index in [9.17, 15) is 14.7 Å². The predicted octanol–water partition coefficient (Wildman–Crippen LogP) is 4.92. The summed E-state index contributed by atoms with van der Waals surface area (Å²) < 4.78 is 6.50. The molecule has 4 rings (SSSR count). The first-order valence-electron chi connectivity index (χ1n) is 9.35. The van der Waals surface area contributed by atoms with Gasteiger partial charge in [0.1, 0.15) is 11.6 Å². The molecule has 0 radical (unpaired) electrons. The minimum atomic E-state index is -1.12. The van der Waals surface area contributed by atoms with E-state index in [2.05, 4.69) is 4.98 Å². The Morgan fingerprint density at radius 3 is 2.52 bits per heavy atom. The largest absolute Gasteiger partial charge is 0.497 e. The third-order valence-electron chi connectivity index (χ3n) is 4.78. The van der Waals surface area contributed by atoms with Crippen LogP contribution in [0.2, 0.25) is 5.02 Å². The van der Waals surface area contributed by atoms with E-state index in [1.165, 1.54) is 22.8 Å². The number of aromatic carboxylic acids is 1. The molecule has 154 valence electrons. The van der Waals surface area contributed by atoms with Crippen molar-refractivity contribution in [1.82, 2.24) is 9.55 Å². The van der Waals surface area contributed by atoms with E-state index in [0.717, 1.165) is 11.3 Å². The van der Waals surface area contributed by atoms with Gasteiger partial charge in [-0.2, -0.15) is 0 Å². The van der Waals surface area contributed by atoms with E-state index in [1.807, 2.05) is 24.3 Å². The maximum atomic E-state index is 13.3. The molecule has 0 amide bonds. The van der Waals surface area contributed by atoms with Crippen molar-refractivity contribution in [3.05, 3.63) is 99.1 Å². The van der Waals surface area contributed by atoms with Gasteiger partial charge < -0.3 is 9.84 Å². The number of carbonyl (C=O) groups is 1. The number of carboxylic acid groups (broad SMARTS) is 1. The van der Waals surface area contributed by atoms with E-state index in [0.29, 0.717) is 16.7 Å². The van der Waals surface area contributed by atoms with Crippen LogP contribution in [0.25, 0.3) is 28.7 Å². The van der Waals surface area contributed by atoms with Crippen LogP contribution in [0.5, 0.6) is 5.75 Å². The lowest BCUT2D eigenvalue weighted by atomic mass is 10.1. The molecule has 0 fully saturated rings. The first-order valence-corrected chi connectivity index (χ1v) is 9.73. The van der Waals surface area contributed by atoms with Gasteiger partial charge in [-0.3, -0.25) is 9.36 Å². The van der Waals surface area contributed by atoms with Crippen molar-refractivity contribution in [3.8, 4) is 11.4 Å². The van der Waals surface area contributed by atoms with Crippen molar-refractivity contribution in [2.75, 3.05) is 7.11 Å². The number of hydrogen-bond donors (Lipinski definition) is 1. The van der Waals surface area contributed by atoms with Crippen LogP contribution in [-0.2, 0) is 0 Å². The Labute approximate surface area is 182 Å². The maximum absolute atomic E-state index is 13.3. The number of para-hydroxylation sites is 1. The van der Waals surface area contributed by atoms with Crippen molar-refractivity contribution in [1.29, 1.82) is 0 Å². The van der Waals surface area contributed by atoms with Gasteiger partial charge in [0.15, 0.2) is 0 Å². The number of hydrogen-bond acceptors (Lipinski definition) is 4. The van der Waals surface area contributed by atoms with E-state index in [4.69, 9.17) is 16.3 Å². The summed E-state index contributed by atoms with van der Waals surface area (Å²) in [6.07, 6.45) is 3.50. The molecule has 31 heavy (non-hydrogen) atoms. The van der Waals surface area contributed by atoms with Gasteiger partial charge in [-0.25, -0.2) is 9.78 Å². The molecule has 1 heterocycles. The first kappa shape index (κ1) is 20.4. The molecule has 7 heteroatoms. The topological polar surface area (TPSA) is 81.4 Å². The molecule has 0 bridgehead atoms. The molecule has 0 saturated carbocycles. The van der Waals surface area contributed by atoms with E-state index < -0.39 is 5.97 Å². The number of ether oxygens (including phenoxy) is 1. The Morgan fingerprint density at radius 1 is 1.06 bits per heavy atom. The molecule has 0 unspecified atom stereocenters. The zero-order valence-electron chi connectivity index (χ0n) is 16.4. The second kappa shape index (κ2) is 8.45. The van der Waals surface area contributed by atoms with Gasteiger partial charge in [0.05, 0.1) is 34.3 Å². The van der Waals surface area contributed by atoms with Crippen molar-refractivity contribution >= 4 is 40.6 Å². The highest BCUT2D eigenvalue weighted by Crippen LogP contribution is 2.24. The van der Waals surface area contributed by atoms with Crippen molar-refractivity contribution < 1.29 is 14.6 Å². The maximum Gasteiger partial charge on any atom is 0.335 e. The molecule has 0 aliphatic heterocycles. The first-order chi connectivity index (χ1) is 15.0. The SMILES string of the molecule is COc1ccc(/C=C/c2nc3ccccc3c(=O)n2-c2cc(C(=O)O)ccc2Cl)cc1. The van der Waals surface area contributed by atoms with E-state index in [-0.39, 0.29) is 21.8 Å². The van der Waals surface area contributed by atoms with Crippen LogP contribution in [0.1, 0.15) is 21.7 Å². The molecular weight excluding hydrogens is 416 g/mol. The molecule has 0 aliphatic rings. The summed E-state index contributed by atoms with van der Waals surface area (Å²) in [5.74, 6) is -0.0610. The van der Waals surface area contributed by atoms with Crippen molar-refractivity contribution in [2.24, 2.45) is 0 Å². The normalized spacial score (nSPS) is 11.2. The lowest BCUT2D eigenvalue weighted by Gasteiger charge is -2.13. The van der Waals surface area contributed by atoms with Gasteiger partial charge in [-0.05, 0) is 54.1 Å². The quantitative estimate of drug-likeness (QED) is 0.484. The Bertz CT molecular complexity index is 1370. The molecule has 1 N–H and O–H groups in total. The number of aromatic nitrogens is 2. The smallest absolute Gasteiger partial charge is 0.335 e. The number of benzene rings is 3. The fourth-order valence-corrected chi connectivity index (χ4v) is 3.40. The van der Waals surface area contributed by atoms with Gasteiger partial charge in [0.2, 0.25) is 0 Å². The highest BCUT2D eigenvalue weighted by atomic mass is 35.5. The van der Waals surface area contributed by atoms with E-state index >= 15 is 0 Å². The van der Waals surface area contributed by atoms with Gasteiger partial charge in [-0.1, -0.05) is 41.9 Å². The third kappa shape index (κ3) is 4.06. The van der Waals surface area contributed by atoms with Crippen LogP contribution in [0, 0.1) is 0 Å². The Kier molecular flexibility index (Phi) is 5.56. The van der Waals surface area contributed by atoms with Gasteiger partial charge in [0, 0.05) is 0 Å². The average Bonchev–Trinajstić information content (AvgIpc) is 2.79. The monoisotopic (exact) mass is 432 g/mol. The number of nitrogens with zero attached hydrogens (tertiary/aromatic N) is 2. The minimum Gasteiger partial charge on any atom is -0.497 e. The lowest BCUT2D eigenvalue weighted by molar-refractivity contribution is 0.0697. The second-order valence-electron chi connectivity index (χ2n) is 6.71. The van der Waals surface area contributed by atoms with Crippen LogP contribution in [0.15, 0.2) is 71.5 Å². The van der Waals surface area contributed by atoms with E-state index in [1.54, 1.807) is 43.5 Å². The van der Waals surface area contributed by atoms with Crippen LogP contribution in [-0.4, -0.2) is 27.7 Å². The number of rotatable bonds is 5. The molecule has 1 aromatic heterocycles. The zero-order valence-corrected chi connectivity index (χ0v) is 17.2. The molecule has 0 spiro atoms. The number of fused-ring (bicyclic) bond motifs is 1. The number of carboxylic acids is 1. The average molecular weight is 433 g/mol. The summed E-state index contributed by atoms with van der Waals surface area (Å²) in [4.78, 5) is 29.4. The summed E-state index contributed by atoms with van der Waals surface area (Å²) in [5, 5.41) is 10.0. The second-order valence-corrected chi connectivity index (χ2v) is 7.11. The Hall–Kier alpha value is -3.90. The summed E-state index contributed by atoms with van der Waals surface area (Å²) in [6, 6.07) is 18.6. The fourth-order valence-electron chi connectivity index (χ4n) is 3.20.